The second-order valence-electron chi connectivity index (χ2n) is 5.37. The number of amides is 1. The molecule has 5 heteroatoms. The van der Waals surface area contributed by atoms with E-state index in [1.807, 2.05) is 28.8 Å². The van der Waals surface area contributed by atoms with E-state index in [1.165, 1.54) is 5.56 Å². The molecule has 0 bridgehead atoms. The highest BCUT2D eigenvalue weighted by atomic mass is 32.1. The largest absolute Gasteiger partial charge is 0.338 e. The third kappa shape index (κ3) is 4.70. The summed E-state index contributed by atoms with van der Waals surface area (Å²) in [5.41, 5.74) is 1.22. The van der Waals surface area contributed by atoms with Gasteiger partial charge in [-0.1, -0.05) is 20.3 Å². The van der Waals surface area contributed by atoms with Crippen molar-refractivity contribution < 1.29 is 4.79 Å². The molecule has 2 aromatic rings. The van der Waals surface area contributed by atoms with Crippen LogP contribution >= 0.6 is 11.3 Å². The zero-order valence-corrected chi connectivity index (χ0v) is 13.6. The second kappa shape index (κ2) is 7.98. The lowest BCUT2D eigenvalue weighted by molar-refractivity contribution is -0.136. The molecule has 0 spiro atoms. The van der Waals surface area contributed by atoms with E-state index in [9.17, 15) is 4.79 Å². The topological polar surface area (TPSA) is 38.1 Å². The van der Waals surface area contributed by atoms with Crippen molar-refractivity contribution in [2.45, 2.75) is 39.8 Å². The molecule has 1 unspecified atom stereocenters. The summed E-state index contributed by atoms with van der Waals surface area (Å²) in [6.45, 7) is 6.31. The molecule has 2 heterocycles. The molecule has 0 N–H and O–H groups in total. The van der Waals surface area contributed by atoms with Gasteiger partial charge in [0.1, 0.15) is 0 Å². The van der Waals surface area contributed by atoms with E-state index in [0.717, 1.165) is 19.4 Å². The Labute approximate surface area is 130 Å². The zero-order valence-electron chi connectivity index (χ0n) is 12.7. The van der Waals surface area contributed by atoms with Crippen LogP contribution in [0.2, 0.25) is 0 Å². The van der Waals surface area contributed by atoms with E-state index in [1.54, 1.807) is 17.5 Å². The summed E-state index contributed by atoms with van der Waals surface area (Å²) < 4.78 is 1.82. The van der Waals surface area contributed by atoms with Gasteiger partial charge < -0.3 is 4.90 Å². The van der Waals surface area contributed by atoms with E-state index in [0.29, 0.717) is 13.1 Å². The predicted octanol–water partition coefficient (Wildman–Crippen LogP) is 3.41. The Morgan fingerprint density at radius 2 is 2.38 bits per heavy atom. The minimum absolute atomic E-state index is 0.0552. The lowest BCUT2D eigenvalue weighted by Crippen LogP contribution is -2.37. The third-order valence-electron chi connectivity index (χ3n) is 3.49. The van der Waals surface area contributed by atoms with Crippen LogP contribution in [0.25, 0.3) is 0 Å². The third-order valence-corrected chi connectivity index (χ3v) is 4.22. The first-order valence-corrected chi connectivity index (χ1v) is 8.42. The number of hydrogen-bond acceptors (Lipinski definition) is 3. The van der Waals surface area contributed by atoms with E-state index in [2.05, 4.69) is 28.8 Å². The monoisotopic (exact) mass is 305 g/mol. The standard InChI is InChI=1S/C16H23N3OS/c1-3-4-8-18(12-15-6-10-21-13-15)16(20)14(2)11-19-9-5-7-17-19/h5-7,9-10,13-14H,3-4,8,11-12H2,1-2H3. The normalized spacial score (nSPS) is 12.3. The van der Waals surface area contributed by atoms with Gasteiger partial charge in [0, 0.05) is 25.5 Å². The molecule has 21 heavy (non-hydrogen) atoms. The van der Waals surface area contributed by atoms with Crippen LogP contribution in [0.1, 0.15) is 32.3 Å². The summed E-state index contributed by atoms with van der Waals surface area (Å²) in [6.07, 6.45) is 5.79. The summed E-state index contributed by atoms with van der Waals surface area (Å²) in [5.74, 6) is 0.158. The highest BCUT2D eigenvalue weighted by Crippen LogP contribution is 2.14. The summed E-state index contributed by atoms with van der Waals surface area (Å²) in [5, 5.41) is 8.36. The van der Waals surface area contributed by atoms with Crippen LogP contribution in [0.4, 0.5) is 0 Å². The van der Waals surface area contributed by atoms with Crippen LogP contribution in [-0.2, 0) is 17.9 Å². The number of rotatable bonds is 8. The molecule has 0 saturated carbocycles. The van der Waals surface area contributed by atoms with Crippen molar-refractivity contribution in [2.75, 3.05) is 6.54 Å². The summed E-state index contributed by atoms with van der Waals surface area (Å²) in [7, 11) is 0. The number of carbonyl (C=O) groups excluding carboxylic acids is 1. The summed E-state index contributed by atoms with van der Waals surface area (Å²) in [6, 6.07) is 3.98. The van der Waals surface area contributed by atoms with Gasteiger partial charge in [-0.05, 0) is 34.9 Å². The van der Waals surface area contributed by atoms with Gasteiger partial charge >= 0.3 is 0 Å². The van der Waals surface area contributed by atoms with Crippen molar-refractivity contribution in [2.24, 2.45) is 5.92 Å². The van der Waals surface area contributed by atoms with Crippen molar-refractivity contribution in [1.29, 1.82) is 0 Å². The molecule has 0 aromatic carbocycles. The molecule has 114 valence electrons. The molecule has 2 aromatic heterocycles. The number of nitrogens with zero attached hydrogens (tertiary/aromatic N) is 3. The van der Waals surface area contributed by atoms with E-state index in [-0.39, 0.29) is 11.8 Å². The van der Waals surface area contributed by atoms with Gasteiger partial charge in [-0.25, -0.2) is 0 Å². The predicted molar refractivity (Wildman–Crippen MR) is 86.0 cm³/mol. The van der Waals surface area contributed by atoms with Crippen LogP contribution in [-0.4, -0.2) is 27.1 Å². The van der Waals surface area contributed by atoms with Crippen LogP contribution < -0.4 is 0 Å². The van der Waals surface area contributed by atoms with Gasteiger partial charge in [0.05, 0.1) is 12.5 Å². The van der Waals surface area contributed by atoms with Crippen molar-refractivity contribution >= 4 is 17.2 Å². The van der Waals surface area contributed by atoms with Crippen molar-refractivity contribution in [3.05, 3.63) is 40.8 Å². The quantitative estimate of drug-likeness (QED) is 0.749. The summed E-state index contributed by atoms with van der Waals surface area (Å²) >= 11 is 1.68. The van der Waals surface area contributed by atoms with E-state index < -0.39 is 0 Å². The molecular weight excluding hydrogens is 282 g/mol. The minimum Gasteiger partial charge on any atom is -0.338 e. The second-order valence-corrected chi connectivity index (χ2v) is 6.15. The maximum atomic E-state index is 12.7. The molecule has 2 rings (SSSR count). The van der Waals surface area contributed by atoms with Gasteiger partial charge in [0.15, 0.2) is 0 Å². The fraction of sp³-hybridized carbons (Fsp3) is 0.500. The van der Waals surface area contributed by atoms with E-state index in [4.69, 9.17) is 0 Å². The fourth-order valence-corrected chi connectivity index (χ4v) is 2.96. The molecule has 0 fully saturated rings. The van der Waals surface area contributed by atoms with Gasteiger partial charge in [-0.3, -0.25) is 9.48 Å². The molecule has 0 saturated heterocycles. The van der Waals surface area contributed by atoms with Crippen molar-refractivity contribution in [3.63, 3.8) is 0 Å². The average molecular weight is 305 g/mol. The molecule has 0 aliphatic rings. The fourth-order valence-electron chi connectivity index (χ4n) is 2.30. The number of carbonyl (C=O) groups is 1. The van der Waals surface area contributed by atoms with Crippen LogP contribution in [0.3, 0.4) is 0 Å². The molecule has 0 aliphatic carbocycles. The molecule has 0 radical (unpaired) electrons. The molecule has 0 aliphatic heterocycles. The highest BCUT2D eigenvalue weighted by Gasteiger charge is 2.21. The molecule has 1 atom stereocenters. The minimum atomic E-state index is -0.0552. The average Bonchev–Trinajstić information content (AvgIpc) is 3.16. The zero-order chi connectivity index (χ0) is 15.1. The highest BCUT2D eigenvalue weighted by molar-refractivity contribution is 7.07. The Hall–Kier alpha value is -1.62. The number of thiophene rings is 1. The van der Waals surface area contributed by atoms with Gasteiger partial charge in [0.2, 0.25) is 5.91 Å². The molecular formula is C16H23N3OS. The van der Waals surface area contributed by atoms with Gasteiger partial charge in [-0.2, -0.15) is 16.4 Å². The SMILES string of the molecule is CCCCN(Cc1ccsc1)C(=O)C(C)Cn1cccn1. The van der Waals surface area contributed by atoms with Crippen LogP contribution in [0, 0.1) is 5.92 Å². The maximum absolute atomic E-state index is 12.7. The Kier molecular flexibility index (Phi) is 5.99. The first-order valence-electron chi connectivity index (χ1n) is 7.48. The lowest BCUT2D eigenvalue weighted by atomic mass is 10.1. The van der Waals surface area contributed by atoms with E-state index >= 15 is 0 Å². The Bertz CT molecular complexity index is 522. The molecule has 4 nitrogen and oxygen atoms in total. The smallest absolute Gasteiger partial charge is 0.227 e. The summed E-state index contributed by atoms with van der Waals surface area (Å²) in [4.78, 5) is 14.7. The lowest BCUT2D eigenvalue weighted by Gasteiger charge is -2.25. The van der Waals surface area contributed by atoms with Crippen LogP contribution in [0.5, 0.6) is 0 Å². The Morgan fingerprint density at radius 1 is 1.52 bits per heavy atom. The maximum Gasteiger partial charge on any atom is 0.227 e. The Balaban J connectivity index is 1.98. The number of aromatic nitrogens is 2. The first-order chi connectivity index (χ1) is 10.2. The number of hydrogen-bond donors (Lipinski definition) is 0. The Morgan fingerprint density at radius 3 is 3.00 bits per heavy atom. The van der Waals surface area contributed by atoms with Gasteiger partial charge in [0.25, 0.3) is 0 Å². The molecule has 1 amide bonds. The van der Waals surface area contributed by atoms with Gasteiger partial charge in [-0.15, -0.1) is 0 Å². The van der Waals surface area contributed by atoms with Crippen molar-refractivity contribution in [3.8, 4) is 0 Å². The van der Waals surface area contributed by atoms with Crippen LogP contribution in [0.15, 0.2) is 35.3 Å². The first kappa shape index (κ1) is 15.8. The van der Waals surface area contributed by atoms with Crippen molar-refractivity contribution in [1.82, 2.24) is 14.7 Å². The number of unbranched alkanes of at least 4 members (excludes halogenated alkanes) is 1.